The van der Waals surface area contributed by atoms with E-state index in [-0.39, 0.29) is 11.3 Å². The first-order valence-electron chi connectivity index (χ1n) is 19.0. The Balaban J connectivity index is 1.24. The molecule has 0 amide bonds. The van der Waals surface area contributed by atoms with Crippen molar-refractivity contribution in [3.05, 3.63) is 113 Å². The lowest BCUT2D eigenvalue weighted by Crippen LogP contribution is -2.26. The van der Waals surface area contributed by atoms with E-state index in [1.54, 1.807) is 12.1 Å². The summed E-state index contributed by atoms with van der Waals surface area (Å²) < 4.78 is 16.0. The largest absolute Gasteiger partial charge is 0.463 e. The summed E-state index contributed by atoms with van der Waals surface area (Å²) in [5.74, 6) is -1.48. The minimum atomic E-state index is -1.03. The molecule has 0 aliphatic rings. The van der Waals surface area contributed by atoms with Gasteiger partial charge in [0, 0.05) is 5.02 Å². The highest BCUT2D eigenvalue weighted by Gasteiger charge is 2.20. The van der Waals surface area contributed by atoms with Gasteiger partial charge < -0.3 is 14.2 Å². The van der Waals surface area contributed by atoms with E-state index in [2.05, 4.69) is 56.3 Å². The Kier molecular flexibility index (Phi) is 16.9. The maximum atomic E-state index is 12.9. The predicted octanol–water partition coefficient (Wildman–Crippen LogP) is 12.2. The van der Waals surface area contributed by atoms with Gasteiger partial charge >= 0.3 is 17.9 Å². The fourth-order valence-electron chi connectivity index (χ4n) is 5.95. The van der Waals surface area contributed by atoms with E-state index in [0.717, 1.165) is 59.4 Å². The highest BCUT2D eigenvalue weighted by atomic mass is 35.5. The van der Waals surface area contributed by atoms with Crippen molar-refractivity contribution >= 4 is 29.5 Å². The minimum Gasteiger partial charge on any atom is -0.463 e. The van der Waals surface area contributed by atoms with Crippen molar-refractivity contribution in [2.24, 2.45) is 0 Å². The van der Waals surface area contributed by atoms with Crippen LogP contribution in [0.1, 0.15) is 124 Å². The third kappa shape index (κ3) is 13.0. The Bertz CT molecular complexity index is 1700. The quantitative estimate of drug-likeness (QED) is 0.0483. The van der Waals surface area contributed by atoms with Crippen LogP contribution in [0.15, 0.2) is 91.0 Å². The SMILES string of the molecule is CCCCCCCCCCc1ccc(-c2ccc(-c3ccc(C(=O)Oc4ccc(C(=O)OC(C)C(=O)OCCCCCC)cc4)cc3)cc2)cc1Cl. The van der Waals surface area contributed by atoms with E-state index in [9.17, 15) is 14.4 Å². The van der Waals surface area contributed by atoms with Crippen molar-refractivity contribution in [2.45, 2.75) is 110 Å². The molecule has 1 unspecified atom stereocenters. The number of unbranched alkanes of at least 4 members (excludes halogenated alkanes) is 10. The van der Waals surface area contributed by atoms with Crippen molar-refractivity contribution in [3.8, 4) is 28.0 Å². The van der Waals surface area contributed by atoms with Crippen molar-refractivity contribution in [3.63, 3.8) is 0 Å². The van der Waals surface area contributed by atoms with Gasteiger partial charge in [-0.2, -0.15) is 0 Å². The third-order valence-corrected chi connectivity index (χ3v) is 9.54. The molecule has 0 radical (unpaired) electrons. The number of hydrogen-bond donors (Lipinski definition) is 0. The number of benzene rings is 4. The minimum absolute atomic E-state index is 0.229. The molecule has 4 aromatic rings. The second-order valence-electron chi connectivity index (χ2n) is 13.4. The van der Waals surface area contributed by atoms with Crippen molar-refractivity contribution < 1.29 is 28.6 Å². The van der Waals surface area contributed by atoms with E-state index in [1.807, 2.05) is 12.1 Å². The Morgan fingerprint density at radius 2 is 1.06 bits per heavy atom. The second-order valence-corrected chi connectivity index (χ2v) is 13.8. The summed E-state index contributed by atoms with van der Waals surface area (Å²) in [7, 11) is 0. The zero-order chi connectivity index (χ0) is 37.1. The van der Waals surface area contributed by atoms with Crippen LogP contribution in [0.4, 0.5) is 0 Å². The van der Waals surface area contributed by atoms with Crippen LogP contribution < -0.4 is 4.74 Å². The Hall–Kier alpha value is -4.42. The second kappa shape index (κ2) is 21.8. The Labute approximate surface area is 314 Å². The lowest BCUT2D eigenvalue weighted by molar-refractivity contribution is -0.153. The van der Waals surface area contributed by atoms with E-state index < -0.39 is 24.0 Å². The highest BCUT2D eigenvalue weighted by molar-refractivity contribution is 6.31. The van der Waals surface area contributed by atoms with Crippen LogP contribution in [0.5, 0.6) is 5.75 Å². The van der Waals surface area contributed by atoms with Gasteiger partial charge in [0.1, 0.15) is 5.75 Å². The molecular weight excluding hydrogens is 672 g/mol. The molecule has 0 bridgehead atoms. The zero-order valence-electron chi connectivity index (χ0n) is 31.0. The maximum Gasteiger partial charge on any atom is 0.347 e. The van der Waals surface area contributed by atoms with Crippen molar-refractivity contribution in [2.75, 3.05) is 6.61 Å². The lowest BCUT2D eigenvalue weighted by Gasteiger charge is -2.13. The molecule has 4 aromatic carbocycles. The summed E-state index contributed by atoms with van der Waals surface area (Å²) in [5, 5.41) is 0.822. The standard InChI is InChI=1S/C45H53ClO6/c1-4-6-8-10-11-12-13-14-16-37-23-26-40(32-42(37)46)36-19-17-34(18-20-36)35-21-24-38(25-22-35)45(49)52-41-29-27-39(28-30-41)44(48)51-33(3)43(47)50-31-15-9-7-5-2/h17-30,32-33H,4-16,31H2,1-3H3. The number of halogens is 1. The lowest BCUT2D eigenvalue weighted by atomic mass is 9.98. The van der Waals surface area contributed by atoms with Crippen LogP contribution in [0, 0.1) is 0 Å². The summed E-state index contributed by atoms with van der Waals surface area (Å²) in [6.45, 7) is 6.15. The number of carbonyl (C=O) groups is 3. The number of esters is 3. The summed E-state index contributed by atoms with van der Waals surface area (Å²) in [6, 6.07) is 27.9. The molecule has 52 heavy (non-hydrogen) atoms. The fraction of sp³-hybridized carbons (Fsp3) is 0.400. The smallest absolute Gasteiger partial charge is 0.347 e. The van der Waals surface area contributed by atoms with Gasteiger partial charge in [-0.15, -0.1) is 0 Å². The van der Waals surface area contributed by atoms with Gasteiger partial charge in [0.25, 0.3) is 0 Å². The van der Waals surface area contributed by atoms with Crippen LogP contribution in [-0.4, -0.2) is 30.6 Å². The van der Waals surface area contributed by atoms with Gasteiger partial charge in [-0.25, -0.2) is 14.4 Å². The van der Waals surface area contributed by atoms with Gasteiger partial charge in [0.2, 0.25) is 0 Å². The molecule has 276 valence electrons. The molecule has 6 nitrogen and oxygen atoms in total. The number of aryl methyl sites for hydroxylation is 1. The molecular formula is C45H53ClO6. The first kappa shape index (κ1) is 40.4. The monoisotopic (exact) mass is 724 g/mol. The molecule has 1 atom stereocenters. The number of rotatable bonds is 21. The maximum absolute atomic E-state index is 12.9. The van der Waals surface area contributed by atoms with Gasteiger partial charge in [-0.1, -0.05) is 138 Å². The summed E-state index contributed by atoms with van der Waals surface area (Å²) in [6.07, 6.45) is 14.3. The number of hydrogen-bond acceptors (Lipinski definition) is 6. The molecule has 0 spiro atoms. The topological polar surface area (TPSA) is 78.9 Å². The van der Waals surface area contributed by atoms with Crippen LogP contribution in [0.2, 0.25) is 5.02 Å². The van der Waals surface area contributed by atoms with Gasteiger partial charge in [0.05, 0.1) is 17.7 Å². The van der Waals surface area contributed by atoms with Crippen LogP contribution in [0.25, 0.3) is 22.3 Å². The molecule has 7 heteroatoms. The molecule has 4 rings (SSSR count). The molecule has 0 N–H and O–H groups in total. The molecule has 0 heterocycles. The third-order valence-electron chi connectivity index (χ3n) is 9.18. The fourth-order valence-corrected chi connectivity index (χ4v) is 6.23. The first-order valence-corrected chi connectivity index (χ1v) is 19.4. The highest BCUT2D eigenvalue weighted by Crippen LogP contribution is 2.29. The summed E-state index contributed by atoms with van der Waals surface area (Å²) >= 11 is 6.69. The van der Waals surface area contributed by atoms with Crippen molar-refractivity contribution in [1.82, 2.24) is 0 Å². The Morgan fingerprint density at radius 3 is 1.65 bits per heavy atom. The Morgan fingerprint density at radius 1 is 0.577 bits per heavy atom. The number of ether oxygens (including phenoxy) is 3. The van der Waals surface area contributed by atoms with Gasteiger partial charge in [-0.3, -0.25) is 0 Å². The van der Waals surface area contributed by atoms with E-state index in [1.165, 1.54) is 88.1 Å². The van der Waals surface area contributed by atoms with E-state index in [4.69, 9.17) is 25.8 Å². The first-order chi connectivity index (χ1) is 25.3. The van der Waals surface area contributed by atoms with E-state index in [0.29, 0.717) is 12.2 Å². The molecule has 0 saturated carbocycles. The van der Waals surface area contributed by atoms with Crippen LogP contribution >= 0.6 is 11.6 Å². The van der Waals surface area contributed by atoms with Crippen LogP contribution in [-0.2, 0) is 20.7 Å². The molecule has 0 fully saturated rings. The van der Waals surface area contributed by atoms with Gasteiger partial charge in [-0.05, 0) is 96.5 Å². The average Bonchev–Trinajstić information content (AvgIpc) is 3.16. The normalized spacial score (nSPS) is 11.5. The molecule has 0 saturated heterocycles. The molecule has 0 aromatic heterocycles. The van der Waals surface area contributed by atoms with E-state index >= 15 is 0 Å². The summed E-state index contributed by atoms with van der Waals surface area (Å²) in [5.41, 5.74) is 6.01. The predicted molar refractivity (Wildman–Crippen MR) is 210 cm³/mol. The van der Waals surface area contributed by atoms with Crippen LogP contribution in [0.3, 0.4) is 0 Å². The zero-order valence-corrected chi connectivity index (χ0v) is 31.7. The number of carbonyl (C=O) groups excluding carboxylic acids is 3. The van der Waals surface area contributed by atoms with Gasteiger partial charge in [0.15, 0.2) is 6.10 Å². The van der Waals surface area contributed by atoms with Crippen molar-refractivity contribution in [1.29, 1.82) is 0 Å². The molecule has 0 aliphatic carbocycles. The summed E-state index contributed by atoms with van der Waals surface area (Å²) in [4.78, 5) is 37.5. The molecule has 0 aliphatic heterocycles. The average molecular weight is 725 g/mol.